The number of aryl methyl sites for hydroxylation is 1. The van der Waals surface area contributed by atoms with Crippen molar-refractivity contribution in [3.63, 3.8) is 0 Å². The van der Waals surface area contributed by atoms with Crippen molar-refractivity contribution < 1.29 is 9.59 Å². The van der Waals surface area contributed by atoms with Crippen molar-refractivity contribution >= 4 is 22.8 Å². The SMILES string of the molecule is CN(Cc1nc2ccccc2n1C)C(=O)CCN1CCCCCC1=O. The standard InChI is InChI=1S/C19H26N4O2/c1-21(14-17-20-15-8-5-6-9-16(15)22(17)2)18(24)11-13-23-12-7-3-4-10-19(23)25/h5-6,8-9H,3-4,7,10-14H2,1-2H3. The molecule has 0 unspecified atom stereocenters. The number of likely N-dealkylation sites (tertiary alicyclic amines) is 1. The summed E-state index contributed by atoms with van der Waals surface area (Å²) in [5, 5.41) is 0. The summed E-state index contributed by atoms with van der Waals surface area (Å²) < 4.78 is 2.03. The van der Waals surface area contributed by atoms with E-state index >= 15 is 0 Å². The van der Waals surface area contributed by atoms with E-state index in [-0.39, 0.29) is 11.8 Å². The maximum absolute atomic E-state index is 12.5. The number of para-hydroxylation sites is 2. The topological polar surface area (TPSA) is 58.4 Å². The van der Waals surface area contributed by atoms with Crippen molar-refractivity contribution in [2.24, 2.45) is 7.05 Å². The molecule has 0 N–H and O–H groups in total. The highest BCUT2D eigenvalue weighted by Gasteiger charge is 2.19. The number of benzene rings is 1. The molecule has 134 valence electrons. The lowest BCUT2D eigenvalue weighted by Crippen LogP contribution is -2.35. The fraction of sp³-hybridized carbons (Fsp3) is 0.526. The van der Waals surface area contributed by atoms with E-state index in [4.69, 9.17) is 0 Å². The minimum absolute atomic E-state index is 0.0455. The highest BCUT2D eigenvalue weighted by molar-refractivity contribution is 5.79. The molecule has 25 heavy (non-hydrogen) atoms. The number of hydrogen-bond donors (Lipinski definition) is 0. The number of fused-ring (bicyclic) bond motifs is 1. The van der Waals surface area contributed by atoms with Crippen LogP contribution < -0.4 is 0 Å². The molecule has 6 heteroatoms. The van der Waals surface area contributed by atoms with E-state index in [9.17, 15) is 9.59 Å². The summed E-state index contributed by atoms with van der Waals surface area (Å²) in [4.78, 5) is 32.6. The Morgan fingerprint density at radius 1 is 1.24 bits per heavy atom. The molecule has 2 amide bonds. The summed E-state index contributed by atoms with van der Waals surface area (Å²) in [7, 11) is 3.77. The molecule has 2 aromatic rings. The molecule has 0 spiro atoms. The molecule has 1 aliphatic rings. The molecule has 1 fully saturated rings. The van der Waals surface area contributed by atoms with Gasteiger partial charge in [-0.25, -0.2) is 4.98 Å². The molecule has 3 rings (SSSR count). The van der Waals surface area contributed by atoms with Gasteiger partial charge in [0.05, 0.1) is 17.6 Å². The molecule has 0 atom stereocenters. The minimum Gasteiger partial charge on any atom is -0.342 e. The molecule has 2 heterocycles. The Bertz CT molecular complexity index is 768. The Balaban J connectivity index is 1.58. The third kappa shape index (κ3) is 4.00. The first-order valence-electron chi connectivity index (χ1n) is 8.98. The maximum Gasteiger partial charge on any atom is 0.224 e. The van der Waals surface area contributed by atoms with Crippen LogP contribution in [0.15, 0.2) is 24.3 Å². The van der Waals surface area contributed by atoms with Crippen LogP contribution in [0.3, 0.4) is 0 Å². The fourth-order valence-electron chi connectivity index (χ4n) is 3.33. The summed E-state index contributed by atoms with van der Waals surface area (Å²) in [6.07, 6.45) is 4.09. The van der Waals surface area contributed by atoms with Gasteiger partial charge in [-0.2, -0.15) is 0 Å². The van der Waals surface area contributed by atoms with E-state index in [1.807, 2.05) is 40.8 Å². The summed E-state index contributed by atoms with van der Waals surface area (Å²) in [6, 6.07) is 7.96. The fourth-order valence-corrected chi connectivity index (χ4v) is 3.33. The van der Waals surface area contributed by atoms with Gasteiger partial charge in [0.25, 0.3) is 0 Å². The van der Waals surface area contributed by atoms with Gasteiger partial charge in [-0.05, 0) is 25.0 Å². The van der Waals surface area contributed by atoms with E-state index in [0.717, 1.165) is 42.7 Å². The average molecular weight is 342 g/mol. The lowest BCUT2D eigenvalue weighted by Gasteiger charge is -2.22. The van der Waals surface area contributed by atoms with Gasteiger partial charge in [-0.15, -0.1) is 0 Å². The van der Waals surface area contributed by atoms with Gasteiger partial charge in [-0.1, -0.05) is 18.6 Å². The van der Waals surface area contributed by atoms with Crippen LogP contribution >= 0.6 is 0 Å². The summed E-state index contributed by atoms with van der Waals surface area (Å²) in [6.45, 7) is 1.77. The van der Waals surface area contributed by atoms with Crippen LogP contribution in [0.4, 0.5) is 0 Å². The van der Waals surface area contributed by atoms with Gasteiger partial charge < -0.3 is 14.4 Å². The zero-order chi connectivity index (χ0) is 17.8. The van der Waals surface area contributed by atoms with Crippen molar-refractivity contribution in [1.29, 1.82) is 0 Å². The van der Waals surface area contributed by atoms with Gasteiger partial charge in [0.15, 0.2) is 0 Å². The highest BCUT2D eigenvalue weighted by Crippen LogP contribution is 2.16. The second-order valence-electron chi connectivity index (χ2n) is 6.77. The van der Waals surface area contributed by atoms with Gasteiger partial charge >= 0.3 is 0 Å². The molecule has 6 nitrogen and oxygen atoms in total. The lowest BCUT2D eigenvalue weighted by atomic mass is 10.2. The average Bonchev–Trinajstić information content (AvgIpc) is 2.78. The van der Waals surface area contributed by atoms with E-state index in [1.54, 1.807) is 11.9 Å². The summed E-state index contributed by atoms with van der Waals surface area (Å²) in [5.74, 6) is 1.09. The number of aromatic nitrogens is 2. The molecule has 1 aromatic carbocycles. The normalized spacial score (nSPS) is 15.4. The molecule has 1 aromatic heterocycles. The quantitative estimate of drug-likeness (QED) is 0.838. The smallest absolute Gasteiger partial charge is 0.224 e. The van der Waals surface area contributed by atoms with Crippen LogP contribution in [0.25, 0.3) is 11.0 Å². The van der Waals surface area contributed by atoms with Crippen molar-refractivity contribution in [2.45, 2.75) is 38.6 Å². The van der Waals surface area contributed by atoms with E-state index in [1.165, 1.54) is 0 Å². The third-order valence-electron chi connectivity index (χ3n) is 4.95. The molecule has 0 aliphatic carbocycles. The largest absolute Gasteiger partial charge is 0.342 e. The Morgan fingerprint density at radius 3 is 2.84 bits per heavy atom. The second-order valence-corrected chi connectivity index (χ2v) is 6.77. The molecule has 0 bridgehead atoms. The first-order valence-corrected chi connectivity index (χ1v) is 8.98. The number of nitrogens with zero attached hydrogens (tertiary/aromatic N) is 4. The van der Waals surface area contributed by atoms with Crippen LogP contribution in [0, 0.1) is 0 Å². The van der Waals surface area contributed by atoms with Gasteiger partial charge in [0.1, 0.15) is 5.82 Å². The van der Waals surface area contributed by atoms with Crippen molar-refractivity contribution in [1.82, 2.24) is 19.4 Å². The molecular weight excluding hydrogens is 316 g/mol. The highest BCUT2D eigenvalue weighted by atomic mass is 16.2. The van der Waals surface area contributed by atoms with Crippen molar-refractivity contribution in [3.8, 4) is 0 Å². The first kappa shape index (κ1) is 17.5. The Morgan fingerprint density at radius 2 is 2.04 bits per heavy atom. The van der Waals surface area contributed by atoms with Crippen LogP contribution in [-0.2, 0) is 23.2 Å². The van der Waals surface area contributed by atoms with E-state index < -0.39 is 0 Å². The van der Waals surface area contributed by atoms with E-state index in [0.29, 0.717) is 25.9 Å². The van der Waals surface area contributed by atoms with Gasteiger partial charge in [-0.3, -0.25) is 9.59 Å². The predicted octanol–water partition coefficient (Wildman–Crippen LogP) is 2.32. The maximum atomic E-state index is 12.5. The number of amides is 2. The Kier molecular flexibility index (Phi) is 5.36. The zero-order valence-electron chi connectivity index (χ0n) is 15.1. The van der Waals surface area contributed by atoms with Crippen LogP contribution in [0.1, 0.15) is 37.9 Å². The van der Waals surface area contributed by atoms with Crippen LogP contribution in [0.2, 0.25) is 0 Å². The number of hydrogen-bond acceptors (Lipinski definition) is 3. The first-order chi connectivity index (χ1) is 12.1. The molecule has 1 saturated heterocycles. The number of carbonyl (C=O) groups is 2. The van der Waals surface area contributed by atoms with Crippen molar-refractivity contribution in [3.05, 3.63) is 30.1 Å². The Hall–Kier alpha value is -2.37. The number of rotatable bonds is 5. The van der Waals surface area contributed by atoms with Crippen LogP contribution in [-0.4, -0.2) is 51.3 Å². The van der Waals surface area contributed by atoms with E-state index in [2.05, 4.69) is 4.98 Å². The number of carbonyl (C=O) groups excluding carboxylic acids is 2. The summed E-state index contributed by atoms with van der Waals surface area (Å²) in [5.41, 5.74) is 2.00. The molecular formula is C19H26N4O2. The van der Waals surface area contributed by atoms with Gasteiger partial charge in [0.2, 0.25) is 11.8 Å². The molecule has 1 aliphatic heterocycles. The van der Waals surface area contributed by atoms with Gasteiger partial charge in [0, 0.05) is 40.0 Å². The molecule has 0 saturated carbocycles. The molecule has 0 radical (unpaired) electrons. The zero-order valence-corrected chi connectivity index (χ0v) is 15.1. The van der Waals surface area contributed by atoms with Crippen LogP contribution in [0.5, 0.6) is 0 Å². The second kappa shape index (κ2) is 7.68. The minimum atomic E-state index is 0.0455. The third-order valence-corrected chi connectivity index (χ3v) is 4.95. The summed E-state index contributed by atoms with van der Waals surface area (Å²) >= 11 is 0. The lowest BCUT2D eigenvalue weighted by molar-refractivity contribution is -0.133. The Labute approximate surface area is 148 Å². The van der Waals surface area contributed by atoms with Crippen molar-refractivity contribution in [2.75, 3.05) is 20.1 Å². The predicted molar refractivity (Wildman–Crippen MR) is 96.9 cm³/mol. The number of imidazole rings is 1. The monoisotopic (exact) mass is 342 g/mol.